The molecular weight excluding hydrogens is 396 g/mol. The topological polar surface area (TPSA) is 32.8 Å². The molecule has 0 atom stereocenters. The number of piperazine rings is 1. The second-order valence-corrected chi connectivity index (χ2v) is 7.24. The summed E-state index contributed by atoms with van der Waals surface area (Å²) in [6, 6.07) is 30.9. The van der Waals surface area contributed by atoms with Crippen LogP contribution in [0.4, 0.5) is 0 Å². The smallest absolute Gasteiger partial charge is 0.260 e. The van der Waals surface area contributed by atoms with Crippen LogP contribution in [0.2, 0.25) is 0 Å². The van der Waals surface area contributed by atoms with Crippen molar-refractivity contribution in [3.8, 4) is 5.75 Å². The molecule has 30 heavy (non-hydrogen) atoms. The van der Waals surface area contributed by atoms with Gasteiger partial charge in [0.1, 0.15) is 5.75 Å². The quantitative estimate of drug-likeness (QED) is 0.595. The van der Waals surface area contributed by atoms with Gasteiger partial charge < -0.3 is 22.0 Å². The summed E-state index contributed by atoms with van der Waals surface area (Å²) in [6.45, 7) is 3.20. The minimum atomic E-state index is 0. The van der Waals surface area contributed by atoms with Gasteiger partial charge in [0.25, 0.3) is 5.91 Å². The maximum Gasteiger partial charge on any atom is 0.260 e. The highest BCUT2D eigenvalue weighted by Gasteiger charge is 2.28. The van der Waals surface area contributed by atoms with E-state index < -0.39 is 0 Å². The Morgan fingerprint density at radius 3 is 1.70 bits per heavy atom. The molecular formula is C25H26ClN2O2-. The Hall–Kier alpha value is -2.82. The van der Waals surface area contributed by atoms with E-state index in [0.717, 1.165) is 18.8 Å². The third-order valence-electron chi connectivity index (χ3n) is 5.37. The lowest BCUT2D eigenvalue weighted by Gasteiger charge is -2.39. The highest BCUT2D eigenvalue weighted by Crippen LogP contribution is 2.29. The lowest BCUT2D eigenvalue weighted by atomic mass is 9.96. The molecule has 0 aliphatic carbocycles. The Bertz CT molecular complexity index is 859. The van der Waals surface area contributed by atoms with E-state index in [1.807, 2.05) is 35.2 Å². The van der Waals surface area contributed by atoms with Crippen LogP contribution in [0.25, 0.3) is 0 Å². The average molecular weight is 422 g/mol. The molecule has 3 aromatic rings. The van der Waals surface area contributed by atoms with E-state index in [0.29, 0.717) is 13.1 Å². The van der Waals surface area contributed by atoms with Crippen LogP contribution in [0.1, 0.15) is 17.2 Å². The van der Waals surface area contributed by atoms with Crippen LogP contribution in [0, 0.1) is 0 Å². The van der Waals surface area contributed by atoms with Gasteiger partial charge >= 0.3 is 0 Å². The monoisotopic (exact) mass is 421 g/mol. The van der Waals surface area contributed by atoms with E-state index in [4.69, 9.17) is 4.74 Å². The van der Waals surface area contributed by atoms with Crippen LogP contribution in [0.3, 0.4) is 0 Å². The number of hydrogen-bond donors (Lipinski definition) is 0. The second kappa shape index (κ2) is 10.8. The molecule has 0 N–H and O–H groups in total. The maximum atomic E-state index is 12.6. The molecule has 1 saturated heterocycles. The minimum absolute atomic E-state index is 0. The number of carbonyl (C=O) groups is 1. The van der Waals surface area contributed by atoms with Gasteiger partial charge in [0.2, 0.25) is 0 Å². The fourth-order valence-corrected chi connectivity index (χ4v) is 3.87. The summed E-state index contributed by atoms with van der Waals surface area (Å²) >= 11 is 0. The number of carbonyl (C=O) groups excluding carboxylic acids is 1. The van der Waals surface area contributed by atoms with Crippen LogP contribution in [-0.2, 0) is 4.79 Å². The molecule has 1 aliphatic rings. The minimum Gasteiger partial charge on any atom is -1.00 e. The number of halogens is 1. The van der Waals surface area contributed by atoms with Gasteiger partial charge in [0.15, 0.2) is 6.61 Å². The van der Waals surface area contributed by atoms with Crippen molar-refractivity contribution < 1.29 is 21.9 Å². The predicted molar refractivity (Wildman–Crippen MR) is 115 cm³/mol. The lowest BCUT2D eigenvalue weighted by Crippen LogP contribution is -3.00. The van der Waals surface area contributed by atoms with E-state index in [1.165, 1.54) is 11.1 Å². The molecule has 0 aromatic heterocycles. The van der Waals surface area contributed by atoms with Crippen LogP contribution in [0.15, 0.2) is 91.0 Å². The van der Waals surface area contributed by atoms with Gasteiger partial charge in [-0.05, 0) is 23.3 Å². The summed E-state index contributed by atoms with van der Waals surface area (Å²) in [7, 11) is 0. The molecule has 1 amide bonds. The number of hydrogen-bond acceptors (Lipinski definition) is 3. The van der Waals surface area contributed by atoms with E-state index >= 15 is 0 Å². The number of para-hydroxylation sites is 1. The largest absolute Gasteiger partial charge is 1.00 e. The number of nitrogens with zero attached hydrogens (tertiary/aromatic N) is 2. The molecule has 1 fully saturated rings. The van der Waals surface area contributed by atoms with Crippen molar-refractivity contribution in [2.75, 3.05) is 32.8 Å². The molecule has 4 nitrogen and oxygen atoms in total. The van der Waals surface area contributed by atoms with E-state index in [-0.39, 0.29) is 31.0 Å². The number of benzene rings is 3. The second-order valence-electron chi connectivity index (χ2n) is 7.24. The van der Waals surface area contributed by atoms with Gasteiger partial charge in [0.05, 0.1) is 6.04 Å². The molecule has 0 radical (unpaired) electrons. The first kappa shape index (κ1) is 21.9. The molecule has 0 spiro atoms. The molecule has 5 heteroatoms. The number of amides is 1. The first-order valence-electron chi connectivity index (χ1n) is 10.1. The SMILES string of the molecule is O=C(COc1ccccc1)N1CCN(C(c2ccccc2)c2ccccc2)CC1.[Cl-]. The molecule has 4 rings (SSSR count). The summed E-state index contributed by atoms with van der Waals surface area (Å²) in [5, 5.41) is 0. The average Bonchev–Trinajstić information content (AvgIpc) is 2.80. The summed E-state index contributed by atoms with van der Waals surface area (Å²) < 4.78 is 5.63. The van der Waals surface area contributed by atoms with Gasteiger partial charge in [-0.25, -0.2) is 0 Å². The third kappa shape index (κ3) is 5.41. The van der Waals surface area contributed by atoms with E-state index in [1.54, 1.807) is 0 Å². The number of rotatable bonds is 6. The van der Waals surface area contributed by atoms with Crippen LogP contribution < -0.4 is 17.1 Å². The lowest BCUT2D eigenvalue weighted by molar-refractivity contribution is -0.135. The zero-order valence-electron chi connectivity index (χ0n) is 16.9. The Kier molecular flexibility index (Phi) is 7.89. The summed E-state index contributed by atoms with van der Waals surface area (Å²) in [5.41, 5.74) is 2.57. The molecule has 1 aliphatic heterocycles. The highest BCUT2D eigenvalue weighted by molar-refractivity contribution is 5.77. The summed E-state index contributed by atoms with van der Waals surface area (Å²) in [5.74, 6) is 0.775. The van der Waals surface area contributed by atoms with Crippen molar-refractivity contribution in [3.05, 3.63) is 102 Å². The van der Waals surface area contributed by atoms with Crippen molar-refractivity contribution in [1.82, 2.24) is 9.80 Å². The molecule has 0 bridgehead atoms. The third-order valence-corrected chi connectivity index (χ3v) is 5.37. The van der Waals surface area contributed by atoms with Gasteiger partial charge in [-0.2, -0.15) is 0 Å². The molecule has 3 aromatic carbocycles. The summed E-state index contributed by atoms with van der Waals surface area (Å²) in [4.78, 5) is 16.9. The molecule has 0 unspecified atom stereocenters. The molecule has 1 heterocycles. The van der Waals surface area contributed by atoms with E-state index in [2.05, 4.69) is 65.6 Å². The Balaban J connectivity index is 0.00000256. The highest BCUT2D eigenvalue weighted by atomic mass is 35.5. The van der Waals surface area contributed by atoms with Crippen molar-refractivity contribution >= 4 is 5.91 Å². The first-order chi connectivity index (χ1) is 14.3. The zero-order chi connectivity index (χ0) is 19.9. The van der Waals surface area contributed by atoms with Gasteiger partial charge in [-0.1, -0.05) is 78.9 Å². The Labute approximate surface area is 184 Å². The molecule has 0 saturated carbocycles. The van der Waals surface area contributed by atoms with Crippen molar-refractivity contribution in [3.63, 3.8) is 0 Å². The zero-order valence-corrected chi connectivity index (χ0v) is 17.6. The van der Waals surface area contributed by atoms with Crippen LogP contribution in [-0.4, -0.2) is 48.5 Å². The van der Waals surface area contributed by atoms with Crippen molar-refractivity contribution in [2.24, 2.45) is 0 Å². The van der Waals surface area contributed by atoms with Crippen molar-refractivity contribution in [2.45, 2.75) is 6.04 Å². The Morgan fingerprint density at radius 1 is 0.733 bits per heavy atom. The van der Waals surface area contributed by atoms with E-state index in [9.17, 15) is 4.79 Å². The normalized spacial score (nSPS) is 14.2. The van der Waals surface area contributed by atoms with Crippen LogP contribution in [0.5, 0.6) is 5.75 Å². The van der Waals surface area contributed by atoms with Gasteiger partial charge in [-0.15, -0.1) is 0 Å². The fourth-order valence-electron chi connectivity index (χ4n) is 3.87. The van der Waals surface area contributed by atoms with Crippen LogP contribution >= 0.6 is 0 Å². The first-order valence-corrected chi connectivity index (χ1v) is 10.1. The number of ether oxygens (including phenoxy) is 1. The maximum absolute atomic E-state index is 12.6. The summed E-state index contributed by atoms with van der Waals surface area (Å²) in [6.07, 6.45) is 0. The Morgan fingerprint density at radius 2 is 1.20 bits per heavy atom. The van der Waals surface area contributed by atoms with Crippen molar-refractivity contribution in [1.29, 1.82) is 0 Å². The van der Waals surface area contributed by atoms with Gasteiger partial charge in [0, 0.05) is 26.2 Å². The fraction of sp³-hybridized carbons (Fsp3) is 0.240. The molecule has 156 valence electrons. The standard InChI is InChI=1S/C25H26N2O2.ClH/c28-24(20-29-23-14-8-3-9-15-23)26-16-18-27(19-17-26)25(21-10-4-1-5-11-21)22-12-6-2-7-13-22;/h1-15,25H,16-20H2;1H/p-1. The van der Waals surface area contributed by atoms with Gasteiger partial charge in [-0.3, -0.25) is 9.69 Å². The predicted octanol–water partition coefficient (Wildman–Crippen LogP) is 1.00.